The van der Waals surface area contributed by atoms with Crippen LogP contribution in [0.4, 0.5) is 0 Å². The van der Waals surface area contributed by atoms with Crippen LogP contribution in [0.3, 0.4) is 0 Å². The summed E-state index contributed by atoms with van der Waals surface area (Å²) in [5.74, 6) is 0.677. The summed E-state index contributed by atoms with van der Waals surface area (Å²) in [6.07, 6.45) is 3.02. The number of hydrogen-bond donors (Lipinski definition) is 2. The number of nitrogens with zero attached hydrogens (tertiary/aromatic N) is 2. The zero-order chi connectivity index (χ0) is 16.2. The van der Waals surface area contributed by atoms with E-state index in [1.54, 1.807) is 0 Å². The van der Waals surface area contributed by atoms with Crippen LogP contribution in [0.15, 0.2) is 30.5 Å². The first-order valence-corrected chi connectivity index (χ1v) is 8.79. The fourth-order valence-corrected chi connectivity index (χ4v) is 3.74. The molecule has 0 radical (unpaired) electrons. The molecule has 1 aliphatic rings. The summed E-state index contributed by atoms with van der Waals surface area (Å²) in [5.41, 5.74) is 2.59. The van der Waals surface area contributed by atoms with Gasteiger partial charge >= 0.3 is 0 Å². The lowest BCUT2D eigenvalue weighted by Gasteiger charge is -2.42. The second-order valence-corrected chi connectivity index (χ2v) is 7.15. The summed E-state index contributed by atoms with van der Waals surface area (Å²) in [6.45, 7) is 10.2. The third-order valence-corrected chi connectivity index (χ3v) is 4.82. The van der Waals surface area contributed by atoms with Gasteiger partial charge in [0.05, 0.1) is 0 Å². The van der Waals surface area contributed by atoms with Crippen LogP contribution in [0.5, 0.6) is 0 Å². The van der Waals surface area contributed by atoms with Crippen molar-refractivity contribution in [2.45, 2.75) is 32.9 Å². The molecule has 0 amide bonds. The molecule has 0 bridgehead atoms. The van der Waals surface area contributed by atoms with Crippen molar-refractivity contribution in [1.82, 2.24) is 14.8 Å². The molecule has 2 heterocycles. The topological polar surface area (TPSA) is 42.5 Å². The Morgan fingerprint density at radius 3 is 2.87 bits per heavy atom. The van der Waals surface area contributed by atoms with Gasteiger partial charge in [0.25, 0.3) is 0 Å². The molecule has 4 nitrogen and oxygen atoms in total. The van der Waals surface area contributed by atoms with Crippen LogP contribution < -0.4 is 0 Å². The number of aliphatic hydroxyl groups is 1. The summed E-state index contributed by atoms with van der Waals surface area (Å²) >= 11 is 0. The van der Waals surface area contributed by atoms with Crippen molar-refractivity contribution in [3.05, 3.63) is 36.0 Å². The first-order valence-electron chi connectivity index (χ1n) is 8.79. The fourth-order valence-electron chi connectivity index (χ4n) is 3.74. The van der Waals surface area contributed by atoms with Gasteiger partial charge in [-0.15, -0.1) is 0 Å². The average molecular weight is 315 g/mol. The van der Waals surface area contributed by atoms with E-state index < -0.39 is 0 Å². The number of hydrogen-bond acceptors (Lipinski definition) is 3. The smallest absolute Gasteiger partial charge is 0.0457 e. The van der Waals surface area contributed by atoms with Crippen molar-refractivity contribution in [3.8, 4) is 0 Å². The Hall–Kier alpha value is -1.36. The van der Waals surface area contributed by atoms with E-state index in [2.05, 4.69) is 59.1 Å². The quantitative estimate of drug-likeness (QED) is 0.861. The zero-order valence-corrected chi connectivity index (χ0v) is 14.3. The Labute approximate surface area is 139 Å². The van der Waals surface area contributed by atoms with Crippen LogP contribution >= 0.6 is 0 Å². The molecule has 3 rings (SSSR count). The standard InChI is InChI=1S/C19H29N3O/c1-15(2)12-22-9-8-21(14-17(22)7-10-23)13-16-11-20-19-6-4-3-5-18(16)19/h3-6,11,15,17,20,23H,7-10,12-14H2,1-2H3/t17-/m1/s1. The first-order chi connectivity index (χ1) is 11.2. The number of rotatable bonds is 6. The highest BCUT2D eigenvalue weighted by atomic mass is 16.3. The van der Waals surface area contributed by atoms with E-state index in [1.807, 2.05) is 0 Å². The minimum atomic E-state index is 0.278. The highest BCUT2D eigenvalue weighted by Gasteiger charge is 2.27. The maximum atomic E-state index is 9.40. The van der Waals surface area contributed by atoms with Crippen LogP contribution in [0.1, 0.15) is 25.8 Å². The summed E-state index contributed by atoms with van der Waals surface area (Å²) in [6, 6.07) is 8.98. The summed E-state index contributed by atoms with van der Waals surface area (Å²) in [7, 11) is 0. The Kier molecular flexibility index (Phi) is 5.36. The first kappa shape index (κ1) is 16.5. The van der Waals surface area contributed by atoms with Gasteiger partial charge in [-0.3, -0.25) is 9.80 Å². The molecule has 0 spiro atoms. The fraction of sp³-hybridized carbons (Fsp3) is 0.579. The van der Waals surface area contributed by atoms with Gasteiger partial charge in [-0.25, -0.2) is 0 Å². The van der Waals surface area contributed by atoms with Gasteiger partial charge in [-0.1, -0.05) is 32.0 Å². The number of benzene rings is 1. The zero-order valence-electron chi connectivity index (χ0n) is 14.3. The van der Waals surface area contributed by atoms with E-state index in [1.165, 1.54) is 16.5 Å². The van der Waals surface area contributed by atoms with Crippen molar-refractivity contribution in [3.63, 3.8) is 0 Å². The summed E-state index contributed by atoms with van der Waals surface area (Å²) in [5, 5.41) is 10.7. The Morgan fingerprint density at radius 1 is 1.26 bits per heavy atom. The largest absolute Gasteiger partial charge is 0.396 e. The molecule has 1 aromatic heterocycles. The van der Waals surface area contributed by atoms with Crippen LogP contribution in [0.2, 0.25) is 0 Å². The van der Waals surface area contributed by atoms with E-state index in [0.29, 0.717) is 12.0 Å². The maximum absolute atomic E-state index is 9.40. The van der Waals surface area contributed by atoms with Gasteiger partial charge in [-0.05, 0) is 24.0 Å². The van der Waals surface area contributed by atoms with E-state index >= 15 is 0 Å². The maximum Gasteiger partial charge on any atom is 0.0457 e. The van der Waals surface area contributed by atoms with Crippen LogP contribution in [-0.4, -0.2) is 58.7 Å². The van der Waals surface area contributed by atoms with E-state index in [4.69, 9.17) is 0 Å². The predicted molar refractivity (Wildman–Crippen MR) is 95.5 cm³/mol. The second-order valence-electron chi connectivity index (χ2n) is 7.15. The minimum absolute atomic E-state index is 0.278. The van der Waals surface area contributed by atoms with Crippen molar-refractivity contribution >= 4 is 10.9 Å². The monoisotopic (exact) mass is 315 g/mol. The lowest BCUT2D eigenvalue weighted by molar-refractivity contribution is 0.0479. The van der Waals surface area contributed by atoms with E-state index in [-0.39, 0.29) is 6.61 Å². The normalized spacial score (nSPS) is 20.6. The lowest BCUT2D eigenvalue weighted by Crippen LogP contribution is -2.53. The molecular formula is C19H29N3O. The van der Waals surface area contributed by atoms with Gasteiger partial charge in [-0.2, -0.15) is 0 Å². The molecular weight excluding hydrogens is 286 g/mol. The van der Waals surface area contributed by atoms with Crippen LogP contribution in [0, 0.1) is 5.92 Å². The van der Waals surface area contributed by atoms with Gasteiger partial charge < -0.3 is 10.1 Å². The minimum Gasteiger partial charge on any atom is -0.396 e. The number of para-hydroxylation sites is 1. The molecule has 0 aliphatic carbocycles. The number of fused-ring (bicyclic) bond motifs is 1. The average Bonchev–Trinajstić information content (AvgIpc) is 2.93. The molecule has 0 unspecified atom stereocenters. The highest BCUT2D eigenvalue weighted by Crippen LogP contribution is 2.22. The third-order valence-electron chi connectivity index (χ3n) is 4.82. The molecule has 1 atom stereocenters. The molecule has 2 N–H and O–H groups in total. The molecule has 1 aliphatic heterocycles. The second kappa shape index (κ2) is 7.47. The molecule has 4 heteroatoms. The number of nitrogens with one attached hydrogen (secondary N) is 1. The van der Waals surface area contributed by atoms with Crippen LogP contribution in [-0.2, 0) is 6.54 Å². The molecule has 0 saturated carbocycles. The van der Waals surface area contributed by atoms with Crippen molar-refractivity contribution in [1.29, 1.82) is 0 Å². The molecule has 1 saturated heterocycles. The number of aliphatic hydroxyl groups excluding tert-OH is 1. The highest BCUT2D eigenvalue weighted by molar-refractivity contribution is 5.82. The molecule has 2 aromatic rings. The Bertz CT molecular complexity index is 622. The molecule has 23 heavy (non-hydrogen) atoms. The predicted octanol–water partition coefficient (Wildman–Crippen LogP) is 2.69. The number of aromatic nitrogens is 1. The molecule has 1 fully saturated rings. The van der Waals surface area contributed by atoms with Crippen molar-refractivity contribution in [2.75, 3.05) is 32.8 Å². The van der Waals surface area contributed by atoms with Crippen molar-refractivity contribution < 1.29 is 5.11 Å². The number of piperazine rings is 1. The SMILES string of the molecule is CC(C)CN1CCN(Cc2c[nH]c3ccccc23)C[C@H]1CCO. The van der Waals surface area contributed by atoms with E-state index in [0.717, 1.165) is 39.1 Å². The van der Waals surface area contributed by atoms with Crippen molar-refractivity contribution in [2.24, 2.45) is 5.92 Å². The van der Waals surface area contributed by atoms with Gasteiger partial charge in [0, 0.05) is 62.5 Å². The summed E-state index contributed by atoms with van der Waals surface area (Å²) in [4.78, 5) is 8.47. The van der Waals surface area contributed by atoms with E-state index in [9.17, 15) is 5.11 Å². The van der Waals surface area contributed by atoms with Gasteiger partial charge in [0.1, 0.15) is 0 Å². The van der Waals surface area contributed by atoms with Crippen LogP contribution in [0.25, 0.3) is 10.9 Å². The number of H-pyrrole nitrogens is 1. The Balaban J connectivity index is 1.67. The Morgan fingerprint density at radius 2 is 2.09 bits per heavy atom. The van der Waals surface area contributed by atoms with Gasteiger partial charge in [0.15, 0.2) is 0 Å². The molecule has 1 aromatic carbocycles. The van der Waals surface area contributed by atoms with Gasteiger partial charge in [0.2, 0.25) is 0 Å². The third kappa shape index (κ3) is 3.94. The number of aromatic amines is 1. The lowest BCUT2D eigenvalue weighted by atomic mass is 10.1. The molecule has 126 valence electrons. The summed E-state index contributed by atoms with van der Waals surface area (Å²) < 4.78 is 0.